The first-order chi connectivity index (χ1) is 16.5. The Kier molecular flexibility index (Phi) is 6.13. The van der Waals surface area contributed by atoms with Crippen molar-refractivity contribution in [2.75, 3.05) is 24.0 Å². The molecule has 34 heavy (non-hydrogen) atoms. The summed E-state index contributed by atoms with van der Waals surface area (Å²) in [6, 6.07) is 25.8. The molecule has 0 fully saturated rings. The molecule has 0 radical (unpaired) electrons. The van der Waals surface area contributed by atoms with Crippen molar-refractivity contribution in [3.8, 4) is 11.3 Å². The van der Waals surface area contributed by atoms with Crippen molar-refractivity contribution in [3.63, 3.8) is 0 Å². The van der Waals surface area contributed by atoms with Gasteiger partial charge in [0.05, 0.1) is 11.3 Å². The highest BCUT2D eigenvalue weighted by Crippen LogP contribution is 2.33. The van der Waals surface area contributed by atoms with Crippen LogP contribution in [-0.2, 0) is 4.79 Å². The Bertz CT molecular complexity index is 1390. The number of carbonyl (C=O) groups is 1. The van der Waals surface area contributed by atoms with Gasteiger partial charge in [-0.1, -0.05) is 70.5 Å². The van der Waals surface area contributed by atoms with Crippen LogP contribution in [0.25, 0.3) is 17.3 Å². The minimum absolute atomic E-state index is 0.188. The van der Waals surface area contributed by atoms with E-state index in [1.54, 1.807) is 0 Å². The number of nitrogens with zero attached hydrogens (tertiary/aromatic N) is 4. The number of aromatic nitrogens is 1. The highest BCUT2D eigenvalue weighted by molar-refractivity contribution is 9.10. The van der Waals surface area contributed by atoms with Crippen LogP contribution in [0.4, 0.5) is 10.8 Å². The maximum Gasteiger partial charge on any atom is 0.283 e. The third-order valence-electron chi connectivity index (χ3n) is 5.46. The Labute approximate surface area is 210 Å². The van der Waals surface area contributed by atoms with Crippen molar-refractivity contribution in [1.29, 1.82) is 0 Å². The van der Waals surface area contributed by atoms with E-state index < -0.39 is 0 Å². The molecule has 0 N–H and O–H groups in total. The summed E-state index contributed by atoms with van der Waals surface area (Å²) in [4.78, 5) is 20.3. The Balaban J connectivity index is 1.53. The van der Waals surface area contributed by atoms with Gasteiger partial charge in [-0.2, -0.15) is 10.1 Å². The van der Waals surface area contributed by atoms with E-state index in [0.717, 1.165) is 32.5 Å². The van der Waals surface area contributed by atoms with Crippen molar-refractivity contribution in [2.24, 2.45) is 5.10 Å². The number of hydrogen-bond donors (Lipinski definition) is 0. The van der Waals surface area contributed by atoms with Crippen LogP contribution >= 0.6 is 27.3 Å². The molecule has 1 aromatic heterocycles. The molecule has 2 heterocycles. The van der Waals surface area contributed by atoms with Gasteiger partial charge >= 0.3 is 0 Å². The first kappa shape index (κ1) is 22.3. The van der Waals surface area contributed by atoms with Crippen molar-refractivity contribution >= 4 is 55.8 Å². The zero-order valence-corrected chi connectivity index (χ0v) is 21.0. The average molecular weight is 529 g/mol. The van der Waals surface area contributed by atoms with Gasteiger partial charge in [-0.25, -0.2) is 4.98 Å². The van der Waals surface area contributed by atoms with Gasteiger partial charge in [0.25, 0.3) is 5.91 Å². The van der Waals surface area contributed by atoms with Crippen LogP contribution in [0.15, 0.2) is 99.4 Å². The Hall–Kier alpha value is -3.55. The number of thiazole rings is 1. The van der Waals surface area contributed by atoms with Crippen molar-refractivity contribution in [1.82, 2.24) is 4.98 Å². The maximum absolute atomic E-state index is 13.6. The lowest BCUT2D eigenvalue weighted by Gasteiger charge is -2.12. The number of halogens is 1. The Morgan fingerprint density at radius 2 is 1.62 bits per heavy atom. The van der Waals surface area contributed by atoms with E-state index in [1.165, 1.54) is 16.3 Å². The quantitative estimate of drug-likeness (QED) is 0.279. The number of hydrazone groups is 1. The summed E-state index contributed by atoms with van der Waals surface area (Å²) in [6.07, 6.45) is 1.90. The van der Waals surface area contributed by atoms with Crippen LogP contribution in [0.1, 0.15) is 11.1 Å². The van der Waals surface area contributed by atoms with E-state index in [2.05, 4.69) is 15.9 Å². The first-order valence-corrected chi connectivity index (χ1v) is 12.4. The fourth-order valence-corrected chi connectivity index (χ4v) is 4.68. The van der Waals surface area contributed by atoms with E-state index in [0.29, 0.717) is 16.4 Å². The second kappa shape index (κ2) is 9.37. The second-order valence-corrected chi connectivity index (χ2v) is 9.75. The van der Waals surface area contributed by atoms with Gasteiger partial charge < -0.3 is 4.90 Å². The topological polar surface area (TPSA) is 48.8 Å². The number of amides is 1. The third-order valence-corrected chi connectivity index (χ3v) is 6.80. The summed E-state index contributed by atoms with van der Waals surface area (Å²) in [7, 11) is 4.01. The van der Waals surface area contributed by atoms with E-state index in [4.69, 9.17) is 10.1 Å². The zero-order valence-electron chi connectivity index (χ0n) is 18.6. The van der Waals surface area contributed by atoms with E-state index in [9.17, 15) is 4.79 Å². The third kappa shape index (κ3) is 4.44. The summed E-state index contributed by atoms with van der Waals surface area (Å²) < 4.78 is 1.01. The molecule has 168 valence electrons. The molecule has 1 aliphatic rings. The molecule has 4 aromatic rings. The molecule has 0 saturated carbocycles. The molecule has 1 aliphatic heterocycles. The molecular formula is C27H21BrN4OS. The van der Waals surface area contributed by atoms with E-state index in [1.807, 2.05) is 109 Å². The van der Waals surface area contributed by atoms with Gasteiger partial charge in [0.2, 0.25) is 5.13 Å². The summed E-state index contributed by atoms with van der Waals surface area (Å²) >= 11 is 4.86. The minimum Gasteiger partial charge on any atom is -0.378 e. The molecule has 5 rings (SSSR count). The molecule has 1 amide bonds. The molecule has 7 heteroatoms. The van der Waals surface area contributed by atoms with Crippen LogP contribution < -0.4 is 9.91 Å². The molecule has 0 atom stereocenters. The SMILES string of the molecule is CN(C)c1ccc(C=C2C(=O)N(c3nc(-c4ccc(Br)cc4)cs3)N=C2c2ccccc2)cc1. The number of carbonyl (C=O) groups excluding carboxylic acids is 1. The molecule has 0 saturated heterocycles. The second-order valence-electron chi connectivity index (χ2n) is 8.00. The smallest absolute Gasteiger partial charge is 0.283 e. The van der Waals surface area contributed by atoms with Gasteiger partial charge in [0.1, 0.15) is 5.71 Å². The maximum atomic E-state index is 13.6. The standard InChI is InChI=1S/C27H21BrN4OS/c1-31(2)22-14-8-18(9-15-22)16-23-25(20-6-4-3-5-7-20)30-32(26(23)33)27-29-24(17-34-27)19-10-12-21(28)13-11-19/h3-17H,1-2H3. The van der Waals surface area contributed by atoms with Gasteiger partial charge in [0, 0.05) is 40.8 Å². The predicted molar refractivity (Wildman–Crippen MR) is 144 cm³/mol. The average Bonchev–Trinajstić information content (AvgIpc) is 3.46. The van der Waals surface area contributed by atoms with Crippen LogP contribution in [0.3, 0.4) is 0 Å². The number of hydrogen-bond acceptors (Lipinski definition) is 5. The summed E-state index contributed by atoms with van der Waals surface area (Å²) in [6.45, 7) is 0. The molecule has 0 bridgehead atoms. The Morgan fingerprint density at radius 1 is 0.912 bits per heavy atom. The molecule has 3 aromatic carbocycles. The number of benzene rings is 3. The summed E-state index contributed by atoms with van der Waals surface area (Å²) in [5.74, 6) is -0.188. The van der Waals surface area contributed by atoms with Crippen LogP contribution in [0.2, 0.25) is 0 Å². The number of rotatable bonds is 5. The lowest BCUT2D eigenvalue weighted by Crippen LogP contribution is -2.21. The predicted octanol–water partition coefficient (Wildman–Crippen LogP) is 6.47. The van der Waals surface area contributed by atoms with Gasteiger partial charge in [-0.3, -0.25) is 4.79 Å². The normalized spacial score (nSPS) is 14.6. The van der Waals surface area contributed by atoms with E-state index in [-0.39, 0.29) is 5.91 Å². The van der Waals surface area contributed by atoms with Crippen molar-refractivity contribution in [3.05, 3.63) is 105 Å². The first-order valence-electron chi connectivity index (χ1n) is 10.7. The van der Waals surface area contributed by atoms with Crippen LogP contribution in [0.5, 0.6) is 0 Å². The van der Waals surface area contributed by atoms with Gasteiger partial charge in [-0.15, -0.1) is 11.3 Å². The highest BCUT2D eigenvalue weighted by atomic mass is 79.9. The lowest BCUT2D eigenvalue weighted by atomic mass is 10.0. The summed E-state index contributed by atoms with van der Waals surface area (Å²) in [5.41, 5.74) is 5.91. The molecular weight excluding hydrogens is 508 g/mol. The summed E-state index contributed by atoms with van der Waals surface area (Å²) in [5, 5.41) is 8.62. The van der Waals surface area contributed by atoms with Gasteiger partial charge in [0.15, 0.2) is 0 Å². The highest BCUT2D eigenvalue weighted by Gasteiger charge is 2.33. The van der Waals surface area contributed by atoms with Crippen LogP contribution in [0, 0.1) is 0 Å². The van der Waals surface area contributed by atoms with Crippen molar-refractivity contribution < 1.29 is 4.79 Å². The molecule has 0 aliphatic carbocycles. The largest absolute Gasteiger partial charge is 0.378 e. The molecule has 0 unspecified atom stereocenters. The molecule has 0 spiro atoms. The number of anilines is 2. The monoisotopic (exact) mass is 528 g/mol. The Morgan fingerprint density at radius 3 is 2.29 bits per heavy atom. The van der Waals surface area contributed by atoms with Crippen LogP contribution in [-0.4, -0.2) is 30.7 Å². The molecule has 5 nitrogen and oxygen atoms in total. The fraction of sp³-hybridized carbons (Fsp3) is 0.0741. The van der Waals surface area contributed by atoms with Gasteiger partial charge in [-0.05, 0) is 35.9 Å². The lowest BCUT2D eigenvalue weighted by molar-refractivity contribution is -0.114. The zero-order chi connectivity index (χ0) is 23.7. The fourth-order valence-electron chi connectivity index (χ4n) is 3.63. The van der Waals surface area contributed by atoms with E-state index >= 15 is 0 Å². The van der Waals surface area contributed by atoms with Crippen molar-refractivity contribution in [2.45, 2.75) is 0 Å². The minimum atomic E-state index is -0.188.